The molecular formula is C16H17N5O. The van der Waals surface area contributed by atoms with Crippen LogP contribution in [0.1, 0.15) is 12.8 Å². The van der Waals surface area contributed by atoms with Crippen LogP contribution in [0.2, 0.25) is 0 Å². The average molecular weight is 295 g/mol. The summed E-state index contributed by atoms with van der Waals surface area (Å²) < 4.78 is 1.86. The predicted molar refractivity (Wildman–Crippen MR) is 83.7 cm³/mol. The highest BCUT2D eigenvalue weighted by atomic mass is 16.3. The van der Waals surface area contributed by atoms with Gasteiger partial charge in [0.25, 0.3) is 0 Å². The second-order valence-corrected chi connectivity index (χ2v) is 5.50. The molecule has 3 aromatic rings. The molecule has 112 valence electrons. The summed E-state index contributed by atoms with van der Waals surface area (Å²) in [7, 11) is 0. The molecule has 0 aliphatic carbocycles. The zero-order valence-electron chi connectivity index (χ0n) is 12.1. The van der Waals surface area contributed by atoms with Crippen LogP contribution in [0.25, 0.3) is 16.8 Å². The Morgan fingerprint density at radius 2 is 2.05 bits per heavy atom. The number of nitrogens with zero attached hydrogens (tertiary/aromatic N) is 5. The number of hydrogen-bond acceptors (Lipinski definition) is 5. The first-order valence-corrected chi connectivity index (χ1v) is 7.49. The van der Waals surface area contributed by atoms with Crippen LogP contribution in [-0.2, 0) is 0 Å². The summed E-state index contributed by atoms with van der Waals surface area (Å²) in [5.41, 5.74) is 2.87. The molecule has 0 aromatic carbocycles. The average Bonchev–Trinajstić information content (AvgIpc) is 3.22. The van der Waals surface area contributed by atoms with Gasteiger partial charge in [0.2, 0.25) is 0 Å². The van der Waals surface area contributed by atoms with Crippen LogP contribution < -0.4 is 4.90 Å². The number of aliphatic hydroxyl groups is 1. The van der Waals surface area contributed by atoms with Gasteiger partial charge in [0.15, 0.2) is 5.65 Å². The van der Waals surface area contributed by atoms with Crippen LogP contribution in [0.4, 0.5) is 5.82 Å². The van der Waals surface area contributed by atoms with Gasteiger partial charge in [-0.3, -0.25) is 4.98 Å². The van der Waals surface area contributed by atoms with Gasteiger partial charge in [-0.25, -0.2) is 4.98 Å². The van der Waals surface area contributed by atoms with Crippen molar-refractivity contribution in [2.75, 3.05) is 18.1 Å². The van der Waals surface area contributed by atoms with E-state index in [1.54, 1.807) is 12.4 Å². The zero-order chi connectivity index (χ0) is 14.9. The van der Waals surface area contributed by atoms with Gasteiger partial charge in [0, 0.05) is 30.7 Å². The van der Waals surface area contributed by atoms with Gasteiger partial charge in [0.05, 0.1) is 18.8 Å². The Hall–Kier alpha value is -2.47. The molecule has 1 N–H and O–H groups in total. The Morgan fingerprint density at radius 3 is 2.86 bits per heavy atom. The molecular weight excluding hydrogens is 278 g/mol. The lowest BCUT2D eigenvalue weighted by Gasteiger charge is -2.25. The van der Waals surface area contributed by atoms with Crippen molar-refractivity contribution in [2.24, 2.45) is 0 Å². The van der Waals surface area contributed by atoms with Crippen molar-refractivity contribution in [3.63, 3.8) is 0 Å². The fraction of sp³-hybridized carbons (Fsp3) is 0.312. The summed E-state index contributed by atoms with van der Waals surface area (Å²) in [6.07, 6.45) is 9.29. The Balaban J connectivity index is 1.84. The Bertz CT molecular complexity index is 786. The maximum Gasteiger partial charge on any atom is 0.165 e. The third-order valence-electron chi connectivity index (χ3n) is 4.25. The molecule has 0 spiro atoms. The minimum absolute atomic E-state index is 0.166. The number of fused-ring (bicyclic) bond motifs is 1. The molecule has 0 bridgehead atoms. The summed E-state index contributed by atoms with van der Waals surface area (Å²) in [6, 6.07) is 6.04. The van der Waals surface area contributed by atoms with E-state index in [1.165, 1.54) is 0 Å². The smallest absolute Gasteiger partial charge is 0.165 e. The van der Waals surface area contributed by atoms with Crippen molar-refractivity contribution in [3.8, 4) is 11.1 Å². The summed E-state index contributed by atoms with van der Waals surface area (Å²) >= 11 is 0. The number of aliphatic hydroxyl groups excluding tert-OH is 1. The van der Waals surface area contributed by atoms with Crippen LogP contribution in [-0.4, -0.2) is 43.9 Å². The molecule has 1 atom stereocenters. The van der Waals surface area contributed by atoms with Crippen molar-refractivity contribution in [2.45, 2.75) is 18.9 Å². The van der Waals surface area contributed by atoms with Crippen LogP contribution in [0.5, 0.6) is 0 Å². The maximum atomic E-state index is 9.56. The molecule has 1 aliphatic heterocycles. The highest BCUT2D eigenvalue weighted by molar-refractivity contribution is 5.77. The van der Waals surface area contributed by atoms with E-state index in [1.807, 2.05) is 35.1 Å². The Kier molecular flexibility index (Phi) is 3.23. The first-order chi connectivity index (χ1) is 10.9. The van der Waals surface area contributed by atoms with Crippen molar-refractivity contribution < 1.29 is 5.11 Å². The van der Waals surface area contributed by atoms with Gasteiger partial charge < -0.3 is 10.0 Å². The Labute approximate surface area is 128 Å². The summed E-state index contributed by atoms with van der Waals surface area (Å²) in [6.45, 7) is 1.11. The standard InChI is InChI=1S/C16H17N5O/c22-11-13-2-1-9-20(13)15-5-8-18-16-14(10-19-21(15)16)12-3-6-17-7-4-12/h3-8,10,13,22H,1-2,9,11H2/t13-/m0/s1. The van der Waals surface area contributed by atoms with Crippen molar-refractivity contribution in [1.29, 1.82) is 0 Å². The number of pyridine rings is 1. The number of hydrogen-bond donors (Lipinski definition) is 1. The molecule has 3 aromatic heterocycles. The second-order valence-electron chi connectivity index (χ2n) is 5.50. The van der Waals surface area contributed by atoms with E-state index in [9.17, 15) is 5.11 Å². The molecule has 6 heteroatoms. The molecule has 0 saturated carbocycles. The lowest BCUT2D eigenvalue weighted by atomic mass is 10.1. The summed E-state index contributed by atoms with van der Waals surface area (Å²) in [5, 5.41) is 14.1. The molecule has 4 rings (SSSR count). The second kappa shape index (κ2) is 5.38. The highest BCUT2D eigenvalue weighted by Crippen LogP contribution is 2.29. The van der Waals surface area contributed by atoms with Crippen LogP contribution in [0, 0.1) is 0 Å². The minimum Gasteiger partial charge on any atom is -0.394 e. The fourth-order valence-corrected chi connectivity index (χ4v) is 3.16. The fourth-order valence-electron chi connectivity index (χ4n) is 3.16. The van der Waals surface area contributed by atoms with Gasteiger partial charge in [0.1, 0.15) is 5.82 Å². The SMILES string of the molecule is OC[C@@H]1CCCN1c1ccnc2c(-c3ccncc3)cnn12. The third-order valence-corrected chi connectivity index (χ3v) is 4.25. The van der Waals surface area contributed by atoms with Crippen LogP contribution in [0.3, 0.4) is 0 Å². The molecule has 4 heterocycles. The predicted octanol–water partition coefficient (Wildman–Crippen LogP) is 1.75. The van der Waals surface area contributed by atoms with E-state index < -0.39 is 0 Å². The van der Waals surface area contributed by atoms with E-state index in [0.29, 0.717) is 0 Å². The number of aromatic nitrogens is 4. The van der Waals surface area contributed by atoms with Crippen LogP contribution in [0.15, 0.2) is 43.0 Å². The lowest BCUT2D eigenvalue weighted by molar-refractivity contribution is 0.265. The highest BCUT2D eigenvalue weighted by Gasteiger charge is 2.26. The van der Waals surface area contributed by atoms with Crippen molar-refractivity contribution in [3.05, 3.63) is 43.0 Å². The largest absolute Gasteiger partial charge is 0.394 e. The normalized spacial score (nSPS) is 18.2. The zero-order valence-corrected chi connectivity index (χ0v) is 12.1. The lowest BCUT2D eigenvalue weighted by Crippen LogP contribution is -2.33. The van der Waals surface area contributed by atoms with Crippen molar-refractivity contribution >= 4 is 11.5 Å². The molecule has 6 nitrogen and oxygen atoms in total. The molecule has 22 heavy (non-hydrogen) atoms. The van der Waals surface area contributed by atoms with E-state index in [-0.39, 0.29) is 12.6 Å². The van der Waals surface area contributed by atoms with E-state index >= 15 is 0 Å². The maximum absolute atomic E-state index is 9.56. The van der Waals surface area contributed by atoms with E-state index in [0.717, 1.165) is 42.0 Å². The van der Waals surface area contributed by atoms with Gasteiger partial charge in [-0.1, -0.05) is 0 Å². The first kappa shape index (κ1) is 13.2. The molecule has 0 unspecified atom stereocenters. The number of anilines is 1. The van der Waals surface area contributed by atoms with E-state index in [2.05, 4.69) is 20.0 Å². The minimum atomic E-state index is 0.166. The number of rotatable bonds is 3. The van der Waals surface area contributed by atoms with E-state index in [4.69, 9.17) is 0 Å². The van der Waals surface area contributed by atoms with Gasteiger partial charge >= 0.3 is 0 Å². The topological polar surface area (TPSA) is 66.5 Å². The van der Waals surface area contributed by atoms with Gasteiger partial charge in [-0.05, 0) is 36.6 Å². The quantitative estimate of drug-likeness (QED) is 0.797. The molecule has 1 aliphatic rings. The van der Waals surface area contributed by atoms with Gasteiger partial charge in [-0.15, -0.1) is 0 Å². The van der Waals surface area contributed by atoms with Crippen LogP contribution >= 0.6 is 0 Å². The third kappa shape index (κ3) is 2.03. The molecule has 0 radical (unpaired) electrons. The van der Waals surface area contributed by atoms with Gasteiger partial charge in [-0.2, -0.15) is 9.61 Å². The monoisotopic (exact) mass is 295 g/mol. The molecule has 1 fully saturated rings. The van der Waals surface area contributed by atoms with Crippen molar-refractivity contribution in [1.82, 2.24) is 19.6 Å². The summed E-state index contributed by atoms with van der Waals surface area (Å²) in [5.74, 6) is 0.988. The summed E-state index contributed by atoms with van der Waals surface area (Å²) in [4.78, 5) is 10.8. The molecule has 0 amide bonds. The Morgan fingerprint density at radius 1 is 1.18 bits per heavy atom. The molecule has 1 saturated heterocycles. The first-order valence-electron chi connectivity index (χ1n) is 7.49.